The molecule has 94 valence electrons. The van der Waals surface area contributed by atoms with E-state index in [1.165, 1.54) is 30.6 Å². The molecule has 0 saturated carbocycles. The Bertz CT molecular complexity index is 341. The number of anilines is 2. The zero-order valence-corrected chi connectivity index (χ0v) is 10.9. The van der Waals surface area contributed by atoms with E-state index < -0.39 is 0 Å². The van der Waals surface area contributed by atoms with E-state index in [0.29, 0.717) is 6.04 Å². The number of nitrogens with one attached hydrogen (secondary N) is 2. The van der Waals surface area contributed by atoms with Crippen LogP contribution in [0.5, 0.6) is 0 Å². The molecule has 2 rings (SSSR count). The molecule has 1 aromatic carbocycles. The van der Waals surface area contributed by atoms with Gasteiger partial charge >= 0.3 is 0 Å². The molecule has 1 fully saturated rings. The molecule has 17 heavy (non-hydrogen) atoms. The summed E-state index contributed by atoms with van der Waals surface area (Å²) in [6, 6.07) is 9.13. The van der Waals surface area contributed by atoms with Crippen LogP contribution in [0.2, 0.25) is 0 Å². The van der Waals surface area contributed by atoms with E-state index in [4.69, 9.17) is 0 Å². The summed E-state index contributed by atoms with van der Waals surface area (Å²) in [6.45, 7) is 2.29. The highest BCUT2D eigenvalue weighted by Crippen LogP contribution is 2.25. The van der Waals surface area contributed by atoms with Crippen molar-refractivity contribution in [2.24, 2.45) is 0 Å². The Kier molecular flexibility index (Phi) is 4.26. The molecule has 0 aliphatic carbocycles. The van der Waals surface area contributed by atoms with Crippen LogP contribution in [0.25, 0.3) is 0 Å². The fourth-order valence-corrected chi connectivity index (χ4v) is 2.37. The van der Waals surface area contributed by atoms with Crippen LogP contribution in [0, 0.1) is 0 Å². The summed E-state index contributed by atoms with van der Waals surface area (Å²) in [7, 11) is 4.18. The van der Waals surface area contributed by atoms with E-state index in [1.54, 1.807) is 0 Å². The highest BCUT2D eigenvalue weighted by atomic mass is 15.1. The Labute approximate surface area is 104 Å². The van der Waals surface area contributed by atoms with Crippen LogP contribution in [-0.4, -0.2) is 33.2 Å². The Morgan fingerprint density at radius 3 is 2.82 bits per heavy atom. The van der Waals surface area contributed by atoms with Crippen LogP contribution in [0.15, 0.2) is 24.3 Å². The molecule has 3 nitrogen and oxygen atoms in total. The van der Waals surface area contributed by atoms with Gasteiger partial charge in [0.15, 0.2) is 0 Å². The first-order chi connectivity index (χ1) is 8.27. The van der Waals surface area contributed by atoms with Crippen molar-refractivity contribution in [3.05, 3.63) is 24.3 Å². The van der Waals surface area contributed by atoms with Gasteiger partial charge in [-0.05, 0) is 44.5 Å². The van der Waals surface area contributed by atoms with Gasteiger partial charge in [0.1, 0.15) is 0 Å². The van der Waals surface area contributed by atoms with Gasteiger partial charge in [-0.15, -0.1) is 0 Å². The summed E-state index contributed by atoms with van der Waals surface area (Å²) < 4.78 is 0. The van der Waals surface area contributed by atoms with Crippen molar-refractivity contribution >= 4 is 11.4 Å². The van der Waals surface area contributed by atoms with Crippen molar-refractivity contribution in [1.82, 2.24) is 5.32 Å². The summed E-state index contributed by atoms with van der Waals surface area (Å²) in [5, 5.41) is 7.14. The summed E-state index contributed by atoms with van der Waals surface area (Å²) in [5.41, 5.74) is 2.52. The third kappa shape index (κ3) is 3.37. The first-order valence-electron chi connectivity index (χ1n) is 6.51. The summed E-state index contributed by atoms with van der Waals surface area (Å²) in [5.74, 6) is 0. The summed E-state index contributed by atoms with van der Waals surface area (Å²) in [6.07, 6.45) is 3.73. The van der Waals surface area contributed by atoms with Crippen LogP contribution in [0.4, 0.5) is 11.4 Å². The predicted octanol–water partition coefficient (Wildman–Crippen LogP) is 2.31. The zero-order chi connectivity index (χ0) is 12.1. The van der Waals surface area contributed by atoms with Crippen molar-refractivity contribution in [2.75, 3.05) is 37.4 Å². The number of benzene rings is 1. The fraction of sp³-hybridized carbons (Fsp3) is 0.571. The summed E-state index contributed by atoms with van der Waals surface area (Å²) >= 11 is 0. The third-order valence-corrected chi connectivity index (χ3v) is 3.32. The molecule has 1 heterocycles. The van der Waals surface area contributed by atoms with E-state index in [2.05, 4.69) is 53.9 Å². The van der Waals surface area contributed by atoms with E-state index >= 15 is 0 Å². The van der Waals surface area contributed by atoms with Crippen LogP contribution < -0.4 is 15.5 Å². The maximum atomic E-state index is 3.69. The second kappa shape index (κ2) is 5.92. The lowest BCUT2D eigenvalue weighted by Gasteiger charge is -2.23. The molecule has 0 amide bonds. The second-order valence-electron chi connectivity index (χ2n) is 4.93. The Morgan fingerprint density at radius 1 is 1.18 bits per heavy atom. The SMILES string of the molecule is CN(C)c1ccccc1NC1CCCNCC1. The Morgan fingerprint density at radius 2 is 2.00 bits per heavy atom. The molecule has 1 aromatic rings. The van der Waals surface area contributed by atoms with Crippen LogP contribution in [0.1, 0.15) is 19.3 Å². The number of rotatable bonds is 3. The van der Waals surface area contributed by atoms with Gasteiger partial charge < -0.3 is 15.5 Å². The molecule has 0 radical (unpaired) electrons. The zero-order valence-electron chi connectivity index (χ0n) is 10.9. The number of para-hydroxylation sites is 2. The minimum Gasteiger partial charge on any atom is -0.381 e. The highest BCUT2D eigenvalue weighted by molar-refractivity contribution is 5.69. The van der Waals surface area contributed by atoms with Gasteiger partial charge in [-0.3, -0.25) is 0 Å². The normalized spacial score (nSPS) is 20.7. The predicted molar refractivity (Wildman–Crippen MR) is 74.9 cm³/mol. The average molecular weight is 233 g/mol. The monoisotopic (exact) mass is 233 g/mol. The smallest absolute Gasteiger partial charge is 0.0596 e. The fourth-order valence-electron chi connectivity index (χ4n) is 2.37. The lowest BCUT2D eigenvalue weighted by Crippen LogP contribution is -2.23. The maximum absolute atomic E-state index is 3.69. The number of hydrogen-bond acceptors (Lipinski definition) is 3. The van der Waals surface area contributed by atoms with Crippen molar-refractivity contribution in [3.8, 4) is 0 Å². The first kappa shape index (κ1) is 12.2. The molecular formula is C14H23N3. The molecule has 1 aliphatic rings. The topological polar surface area (TPSA) is 27.3 Å². The standard InChI is InChI=1S/C14H23N3/c1-17(2)14-8-4-3-7-13(14)16-12-6-5-10-15-11-9-12/h3-4,7-8,12,15-16H,5-6,9-11H2,1-2H3. The molecule has 0 aromatic heterocycles. The van der Waals surface area contributed by atoms with Crippen LogP contribution in [0.3, 0.4) is 0 Å². The Balaban J connectivity index is 2.06. The van der Waals surface area contributed by atoms with Gasteiger partial charge in [-0.1, -0.05) is 12.1 Å². The van der Waals surface area contributed by atoms with Crippen molar-refractivity contribution in [1.29, 1.82) is 0 Å². The van der Waals surface area contributed by atoms with Gasteiger partial charge in [-0.25, -0.2) is 0 Å². The first-order valence-corrected chi connectivity index (χ1v) is 6.51. The van der Waals surface area contributed by atoms with E-state index in [-0.39, 0.29) is 0 Å². The van der Waals surface area contributed by atoms with Gasteiger partial charge in [-0.2, -0.15) is 0 Å². The summed E-state index contributed by atoms with van der Waals surface area (Å²) in [4.78, 5) is 2.16. The molecule has 2 N–H and O–H groups in total. The molecule has 1 saturated heterocycles. The molecule has 1 aliphatic heterocycles. The molecule has 1 unspecified atom stereocenters. The van der Waals surface area contributed by atoms with Gasteiger partial charge in [0.25, 0.3) is 0 Å². The van der Waals surface area contributed by atoms with Gasteiger partial charge in [0, 0.05) is 20.1 Å². The van der Waals surface area contributed by atoms with E-state index in [1.807, 2.05) is 0 Å². The molecule has 3 heteroatoms. The third-order valence-electron chi connectivity index (χ3n) is 3.32. The largest absolute Gasteiger partial charge is 0.381 e. The highest BCUT2D eigenvalue weighted by Gasteiger charge is 2.13. The molecule has 0 bridgehead atoms. The second-order valence-corrected chi connectivity index (χ2v) is 4.93. The van der Waals surface area contributed by atoms with E-state index in [0.717, 1.165) is 13.1 Å². The van der Waals surface area contributed by atoms with Gasteiger partial charge in [0.2, 0.25) is 0 Å². The average Bonchev–Trinajstić information content (AvgIpc) is 2.58. The van der Waals surface area contributed by atoms with Crippen molar-refractivity contribution in [3.63, 3.8) is 0 Å². The van der Waals surface area contributed by atoms with Crippen LogP contribution in [-0.2, 0) is 0 Å². The minimum absolute atomic E-state index is 0.603. The Hall–Kier alpha value is -1.22. The van der Waals surface area contributed by atoms with E-state index in [9.17, 15) is 0 Å². The number of hydrogen-bond donors (Lipinski definition) is 2. The number of nitrogens with zero attached hydrogens (tertiary/aromatic N) is 1. The minimum atomic E-state index is 0.603. The quantitative estimate of drug-likeness (QED) is 0.839. The van der Waals surface area contributed by atoms with Gasteiger partial charge in [0.05, 0.1) is 11.4 Å². The van der Waals surface area contributed by atoms with Crippen molar-refractivity contribution in [2.45, 2.75) is 25.3 Å². The van der Waals surface area contributed by atoms with Crippen LogP contribution >= 0.6 is 0 Å². The lowest BCUT2D eigenvalue weighted by molar-refractivity contribution is 0.637. The van der Waals surface area contributed by atoms with Crippen molar-refractivity contribution < 1.29 is 0 Å². The molecular weight excluding hydrogens is 210 g/mol. The molecule has 0 spiro atoms. The maximum Gasteiger partial charge on any atom is 0.0596 e. The lowest BCUT2D eigenvalue weighted by atomic mass is 10.1. The molecule has 1 atom stereocenters.